The molecule has 0 spiro atoms. The molecule has 0 bridgehead atoms. The topological polar surface area (TPSA) is 49.4 Å². The molecule has 1 fully saturated rings. The summed E-state index contributed by atoms with van der Waals surface area (Å²) < 4.78 is 0. The molecule has 0 aromatic carbocycles. The highest BCUT2D eigenvalue weighted by Gasteiger charge is 2.28. The second kappa shape index (κ2) is 8.94. The summed E-state index contributed by atoms with van der Waals surface area (Å²) in [5.74, 6) is 0.128. The summed E-state index contributed by atoms with van der Waals surface area (Å²) in [6.45, 7) is 5.63. The molecule has 4 nitrogen and oxygen atoms in total. The zero-order valence-electron chi connectivity index (χ0n) is 12.4. The van der Waals surface area contributed by atoms with Crippen LogP contribution in [0.15, 0.2) is 0 Å². The summed E-state index contributed by atoms with van der Waals surface area (Å²) in [4.78, 5) is 25.8. The van der Waals surface area contributed by atoms with E-state index in [1.54, 1.807) is 0 Å². The van der Waals surface area contributed by atoms with Crippen molar-refractivity contribution in [2.75, 3.05) is 13.1 Å². The third kappa shape index (κ3) is 5.62. The minimum absolute atomic E-state index is 0.0142. The number of hydrogen-bond acceptors (Lipinski definition) is 2. The summed E-state index contributed by atoms with van der Waals surface area (Å²) in [5.41, 5.74) is 0. The van der Waals surface area contributed by atoms with Crippen molar-refractivity contribution >= 4 is 11.8 Å². The van der Waals surface area contributed by atoms with Gasteiger partial charge in [0.25, 0.3) is 0 Å². The SMILES string of the molecule is CCCCCCCN1CCC(=O)NC(CCC)C1=O. The number of nitrogens with zero attached hydrogens (tertiary/aromatic N) is 1. The van der Waals surface area contributed by atoms with Crippen LogP contribution >= 0.6 is 0 Å². The smallest absolute Gasteiger partial charge is 0.245 e. The summed E-state index contributed by atoms with van der Waals surface area (Å²) in [5, 5.41) is 2.84. The maximum Gasteiger partial charge on any atom is 0.245 e. The molecule has 19 heavy (non-hydrogen) atoms. The van der Waals surface area contributed by atoms with Gasteiger partial charge in [0.2, 0.25) is 11.8 Å². The molecule has 1 heterocycles. The fraction of sp³-hybridized carbons (Fsp3) is 0.867. The van der Waals surface area contributed by atoms with Gasteiger partial charge in [0.1, 0.15) is 6.04 Å². The Balaban J connectivity index is 2.41. The minimum Gasteiger partial charge on any atom is -0.344 e. The lowest BCUT2D eigenvalue weighted by atomic mass is 10.1. The maximum atomic E-state index is 12.3. The van der Waals surface area contributed by atoms with Crippen LogP contribution in [0.4, 0.5) is 0 Å². The molecule has 4 heteroatoms. The number of carbonyl (C=O) groups is 2. The fourth-order valence-electron chi connectivity index (χ4n) is 2.51. The Morgan fingerprint density at radius 3 is 2.53 bits per heavy atom. The van der Waals surface area contributed by atoms with E-state index >= 15 is 0 Å². The average molecular weight is 268 g/mol. The Morgan fingerprint density at radius 2 is 1.84 bits per heavy atom. The highest BCUT2D eigenvalue weighted by molar-refractivity contribution is 5.89. The average Bonchev–Trinajstić information content (AvgIpc) is 2.52. The van der Waals surface area contributed by atoms with Crippen molar-refractivity contribution in [3.63, 3.8) is 0 Å². The highest BCUT2D eigenvalue weighted by atomic mass is 16.2. The van der Waals surface area contributed by atoms with Crippen LogP contribution < -0.4 is 5.32 Å². The highest BCUT2D eigenvalue weighted by Crippen LogP contribution is 2.11. The predicted molar refractivity (Wildman–Crippen MR) is 76.8 cm³/mol. The molecule has 0 aromatic rings. The molecular weight excluding hydrogens is 240 g/mol. The van der Waals surface area contributed by atoms with E-state index < -0.39 is 0 Å². The summed E-state index contributed by atoms with van der Waals surface area (Å²) in [6, 6.07) is -0.296. The van der Waals surface area contributed by atoms with Gasteiger partial charge in [-0.1, -0.05) is 46.0 Å². The van der Waals surface area contributed by atoms with Gasteiger partial charge in [-0.2, -0.15) is 0 Å². The zero-order valence-corrected chi connectivity index (χ0v) is 12.4. The largest absolute Gasteiger partial charge is 0.344 e. The summed E-state index contributed by atoms with van der Waals surface area (Å²) in [7, 11) is 0. The molecule has 2 amide bonds. The van der Waals surface area contributed by atoms with Gasteiger partial charge in [0.05, 0.1) is 0 Å². The lowest BCUT2D eigenvalue weighted by Gasteiger charge is -2.23. The van der Waals surface area contributed by atoms with Crippen LogP contribution in [-0.4, -0.2) is 35.8 Å². The molecule has 1 atom stereocenters. The van der Waals surface area contributed by atoms with Crippen molar-refractivity contribution in [1.29, 1.82) is 0 Å². The van der Waals surface area contributed by atoms with E-state index in [1.807, 2.05) is 11.8 Å². The van der Waals surface area contributed by atoms with Crippen LogP contribution in [0.3, 0.4) is 0 Å². The van der Waals surface area contributed by atoms with Crippen molar-refractivity contribution in [3.05, 3.63) is 0 Å². The molecule has 0 aromatic heterocycles. The number of hydrogen-bond donors (Lipinski definition) is 1. The van der Waals surface area contributed by atoms with Crippen LogP contribution in [0, 0.1) is 0 Å². The molecule has 0 aliphatic carbocycles. The first-order chi connectivity index (χ1) is 9.19. The third-order valence-corrected chi connectivity index (χ3v) is 3.66. The van der Waals surface area contributed by atoms with Gasteiger partial charge in [0, 0.05) is 19.5 Å². The van der Waals surface area contributed by atoms with E-state index in [1.165, 1.54) is 25.7 Å². The van der Waals surface area contributed by atoms with Gasteiger partial charge in [-0.15, -0.1) is 0 Å². The standard InChI is InChI=1S/C15H28N2O2/c1-3-5-6-7-8-11-17-12-10-14(18)16-13(9-4-2)15(17)19/h13H,3-12H2,1-2H3,(H,16,18). The van der Waals surface area contributed by atoms with Gasteiger partial charge in [0.15, 0.2) is 0 Å². The van der Waals surface area contributed by atoms with Crippen LogP contribution in [0.2, 0.25) is 0 Å². The Labute approximate surface area is 116 Å². The zero-order chi connectivity index (χ0) is 14.1. The third-order valence-electron chi connectivity index (χ3n) is 3.66. The lowest BCUT2D eigenvalue weighted by Crippen LogP contribution is -2.44. The molecule has 0 saturated carbocycles. The molecular formula is C15H28N2O2. The second-order valence-corrected chi connectivity index (χ2v) is 5.40. The van der Waals surface area contributed by atoms with Crippen molar-refractivity contribution in [2.24, 2.45) is 0 Å². The van der Waals surface area contributed by atoms with E-state index in [0.29, 0.717) is 13.0 Å². The molecule has 1 rings (SSSR count). The number of unbranched alkanes of at least 4 members (excludes halogenated alkanes) is 4. The van der Waals surface area contributed by atoms with Crippen molar-refractivity contribution < 1.29 is 9.59 Å². The van der Waals surface area contributed by atoms with E-state index in [2.05, 4.69) is 12.2 Å². The van der Waals surface area contributed by atoms with Crippen LogP contribution in [-0.2, 0) is 9.59 Å². The van der Waals surface area contributed by atoms with Gasteiger partial charge in [-0.3, -0.25) is 9.59 Å². The Hall–Kier alpha value is -1.06. The van der Waals surface area contributed by atoms with Gasteiger partial charge < -0.3 is 10.2 Å². The van der Waals surface area contributed by atoms with Crippen LogP contribution in [0.1, 0.15) is 65.2 Å². The monoisotopic (exact) mass is 268 g/mol. The molecule has 1 saturated heterocycles. The number of nitrogens with one attached hydrogen (secondary N) is 1. The molecule has 1 aliphatic heterocycles. The van der Waals surface area contributed by atoms with Gasteiger partial charge in [-0.05, 0) is 12.8 Å². The molecule has 1 unspecified atom stereocenters. The van der Waals surface area contributed by atoms with Crippen LogP contribution in [0.25, 0.3) is 0 Å². The lowest BCUT2D eigenvalue weighted by molar-refractivity contribution is -0.133. The normalized spacial score (nSPS) is 20.3. The number of rotatable bonds is 8. The van der Waals surface area contributed by atoms with Crippen LogP contribution in [0.5, 0.6) is 0 Å². The summed E-state index contributed by atoms with van der Waals surface area (Å²) >= 11 is 0. The maximum absolute atomic E-state index is 12.3. The van der Waals surface area contributed by atoms with E-state index in [4.69, 9.17) is 0 Å². The van der Waals surface area contributed by atoms with Crippen molar-refractivity contribution in [1.82, 2.24) is 10.2 Å². The van der Waals surface area contributed by atoms with Gasteiger partial charge >= 0.3 is 0 Å². The molecule has 110 valence electrons. The quantitative estimate of drug-likeness (QED) is 0.688. The van der Waals surface area contributed by atoms with Crippen molar-refractivity contribution in [2.45, 2.75) is 71.3 Å². The number of carbonyl (C=O) groups excluding carboxylic acids is 2. The fourth-order valence-corrected chi connectivity index (χ4v) is 2.51. The summed E-state index contributed by atoms with van der Waals surface area (Å²) in [6.07, 6.45) is 8.09. The van der Waals surface area contributed by atoms with E-state index in [-0.39, 0.29) is 17.9 Å². The Morgan fingerprint density at radius 1 is 1.11 bits per heavy atom. The van der Waals surface area contributed by atoms with Gasteiger partial charge in [-0.25, -0.2) is 0 Å². The first-order valence-corrected chi connectivity index (χ1v) is 7.77. The Bertz CT molecular complexity index is 292. The van der Waals surface area contributed by atoms with E-state index in [0.717, 1.165) is 25.8 Å². The first-order valence-electron chi connectivity index (χ1n) is 7.77. The molecule has 1 N–H and O–H groups in total. The minimum atomic E-state index is -0.296. The predicted octanol–water partition coefficient (Wildman–Crippen LogP) is 2.47. The van der Waals surface area contributed by atoms with E-state index in [9.17, 15) is 9.59 Å². The molecule has 0 radical (unpaired) electrons. The molecule has 1 aliphatic rings. The second-order valence-electron chi connectivity index (χ2n) is 5.40. The Kier molecular flexibility index (Phi) is 7.53. The number of amides is 2. The van der Waals surface area contributed by atoms with Crippen molar-refractivity contribution in [3.8, 4) is 0 Å². The first kappa shape index (κ1) is 16.0.